The Labute approximate surface area is 136 Å². The van der Waals surface area contributed by atoms with Gasteiger partial charge in [0.15, 0.2) is 0 Å². The molecule has 0 radical (unpaired) electrons. The van der Waals surface area contributed by atoms with E-state index in [1.165, 1.54) is 0 Å². The number of fused-ring (bicyclic) bond motifs is 1. The maximum Gasteiger partial charge on any atom is 0.258 e. The van der Waals surface area contributed by atoms with E-state index in [1.807, 2.05) is 19.1 Å². The second kappa shape index (κ2) is 6.36. The maximum atomic E-state index is 12.2. The Morgan fingerprint density at radius 2 is 2.23 bits per heavy atom. The van der Waals surface area contributed by atoms with Gasteiger partial charge in [-0.2, -0.15) is 0 Å². The predicted octanol–water partition coefficient (Wildman–Crippen LogP) is 1.60. The number of hydrogen-bond acceptors (Lipinski definition) is 4. The number of hydrogen-bond donors (Lipinski definition) is 1. The summed E-state index contributed by atoms with van der Waals surface area (Å²) in [5.41, 5.74) is 8.64. The van der Waals surface area contributed by atoms with Gasteiger partial charge in [-0.1, -0.05) is 13.0 Å². The van der Waals surface area contributed by atoms with Gasteiger partial charge in [-0.3, -0.25) is 14.1 Å². The molecule has 120 valence electrons. The van der Waals surface area contributed by atoms with Gasteiger partial charge in [0.2, 0.25) is 0 Å². The predicted molar refractivity (Wildman–Crippen MR) is 90.5 cm³/mol. The first-order valence-electron chi connectivity index (χ1n) is 7.41. The topological polar surface area (TPSA) is 63.6 Å². The maximum absolute atomic E-state index is 12.2. The molecule has 0 aliphatic carbocycles. The molecule has 1 aliphatic heterocycles. The van der Waals surface area contributed by atoms with Gasteiger partial charge < -0.3 is 5.73 Å². The SMILES string of the molecule is Cc1cccn2c(=O)cc(CN3CCC(C)(CN)C3)nc12.Cl. The summed E-state index contributed by atoms with van der Waals surface area (Å²) in [6, 6.07) is 5.50. The standard InChI is InChI=1S/C16H22N4O.ClH/c1-12-4-3-6-20-14(21)8-13(18-15(12)20)9-19-7-5-16(2,10-17)11-19;/h3-4,6,8H,5,7,9-11,17H2,1-2H3;1H. The molecule has 3 heterocycles. The molecule has 1 atom stereocenters. The molecule has 0 aromatic carbocycles. The Bertz CT molecular complexity index is 730. The van der Waals surface area contributed by atoms with Crippen molar-refractivity contribution in [2.24, 2.45) is 11.1 Å². The molecule has 0 spiro atoms. The van der Waals surface area contributed by atoms with Gasteiger partial charge in [-0.25, -0.2) is 4.98 Å². The van der Waals surface area contributed by atoms with E-state index in [4.69, 9.17) is 5.73 Å². The van der Waals surface area contributed by atoms with Crippen LogP contribution < -0.4 is 11.3 Å². The molecule has 6 heteroatoms. The summed E-state index contributed by atoms with van der Waals surface area (Å²) < 4.78 is 1.60. The van der Waals surface area contributed by atoms with Crippen LogP contribution in [0.4, 0.5) is 0 Å². The van der Waals surface area contributed by atoms with E-state index >= 15 is 0 Å². The molecular formula is C16H23ClN4O. The van der Waals surface area contributed by atoms with Crippen LogP contribution in [0, 0.1) is 12.3 Å². The molecular weight excluding hydrogens is 300 g/mol. The van der Waals surface area contributed by atoms with Crippen molar-refractivity contribution in [3.8, 4) is 0 Å². The van der Waals surface area contributed by atoms with Crippen molar-refractivity contribution >= 4 is 18.1 Å². The fourth-order valence-corrected chi connectivity index (χ4v) is 3.05. The monoisotopic (exact) mass is 322 g/mol. The van der Waals surface area contributed by atoms with Crippen molar-refractivity contribution in [1.82, 2.24) is 14.3 Å². The minimum Gasteiger partial charge on any atom is -0.330 e. The number of aryl methyl sites for hydroxylation is 1. The molecule has 0 amide bonds. The summed E-state index contributed by atoms with van der Waals surface area (Å²) in [6.07, 6.45) is 2.87. The zero-order valence-corrected chi connectivity index (χ0v) is 13.9. The van der Waals surface area contributed by atoms with Crippen LogP contribution in [0.5, 0.6) is 0 Å². The van der Waals surface area contributed by atoms with Crippen LogP contribution in [0.2, 0.25) is 0 Å². The summed E-state index contributed by atoms with van der Waals surface area (Å²) in [5.74, 6) is 0. The highest BCUT2D eigenvalue weighted by Gasteiger charge is 2.32. The van der Waals surface area contributed by atoms with Crippen molar-refractivity contribution in [3.05, 3.63) is 46.0 Å². The van der Waals surface area contributed by atoms with Gasteiger partial charge in [-0.05, 0) is 43.5 Å². The molecule has 2 aromatic heterocycles. The van der Waals surface area contributed by atoms with Gasteiger partial charge in [0.25, 0.3) is 5.56 Å². The molecule has 1 fully saturated rings. The molecule has 2 aromatic rings. The molecule has 1 saturated heterocycles. The Kier molecular flexibility index (Phi) is 4.90. The number of rotatable bonds is 3. The second-order valence-corrected chi connectivity index (χ2v) is 6.45. The van der Waals surface area contributed by atoms with Gasteiger partial charge >= 0.3 is 0 Å². The fourth-order valence-electron chi connectivity index (χ4n) is 3.05. The lowest BCUT2D eigenvalue weighted by atomic mass is 9.90. The van der Waals surface area contributed by atoms with Crippen molar-refractivity contribution < 1.29 is 0 Å². The minimum absolute atomic E-state index is 0. The highest BCUT2D eigenvalue weighted by atomic mass is 35.5. The number of aromatic nitrogens is 2. The van der Waals surface area contributed by atoms with E-state index in [1.54, 1.807) is 16.7 Å². The third-order valence-corrected chi connectivity index (χ3v) is 4.45. The van der Waals surface area contributed by atoms with Crippen molar-refractivity contribution in [2.75, 3.05) is 19.6 Å². The van der Waals surface area contributed by atoms with E-state index in [0.717, 1.165) is 43.0 Å². The minimum atomic E-state index is -0.0144. The third-order valence-electron chi connectivity index (χ3n) is 4.45. The summed E-state index contributed by atoms with van der Waals surface area (Å²) in [7, 11) is 0. The first-order valence-corrected chi connectivity index (χ1v) is 7.41. The van der Waals surface area contributed by atoms with Crippen LogP contribution in [0.15, 0.2) is 29.2 Å². The number of halogens is 1. The molecule has 0 saturated carbocycles. The lowest BCUT2D eigenvalue weighted by molar-refractivity contribution is 0.272. The van der Waals surface area contributed by atoms with Crippen LogP contribution in [0.1, 0.15) is 24.6 Å². The van der Waals surface area contributed by atoms with E-state index in [9.17, 15) is 4.79 Å². The lowest BCUT2D eigenvalue weighted by Crippen LogP contribution is -2.31. The Hall–Kier alpha value is -1.43. The van der Waals surface area contributed by atoms with Gasteiger partial charge in [-0.15, -0.1) is 12.4 Å². The fraction of sp³-hybridized carbons (Fsp3) is 0.500. The number of nitrogens with zero attached hydrogens (tertiary/aromatic N) is 3. The average molecular weight is 323 g/mol. The molecule has 2 N–H and O–H groups in total. The lowest BCUT2D eigenvalue weighted by Gasteiger charge is -2.22. The smallest absolute Gasteiger partial charge is 0.258 e. The zero-order valence-electron chi connectivity index (χ0n) is 13.1. The zero-order chi connectivity index (χ0) is 15.0. The van der Waals surface area contributed by atoms with Crippen molar-refractivity contribution in [3.63, 3.8) is 0 Å². The number of nitrogens with two attached hydrogens (primary N) is 1. The molecule has 0 bridgehead atoms. The van der Waals surface area contributed by atoms with Crippen LogP contribution >= 0.6 is 12.4 Å². The van der Waals surface area contributed by atoms with Crippen LogP contribution in [0.3, 0.4) is 0 Å². The van der Waals surface area contributed by atoms with E-state index in [-0.39, 0.29) is 23.4 Å². The largest absolute Gasteiger partial charge is 0.330 e. The highest BCUT2D eigenvalue weighted by molar-refractivity contribution is 5.85. The van der Waals surface area contributed by atoms with Gasteiger partial charge in [0.05, 0.1) is 5.69 Å². The van der Waals surface area contributed by atoms with Crippen molar-refractivity contribution in [1.29, 1.82) is 0 Å². The van der Waals surface area contributed by atoms with Crippen LogP contribution in [-0.2, 0) is 6.54 Å². The normalized spacial score (nSPS) is 22.0. The molecule has 1 aliphatic rings. The highest BCUT2D eigenvalue weighted by Crippen LogP contribution is 2.29. The molecule has 22 heavy (non-hydrogen) atoms. The summed E-state index contributed by atoms with van der Waals surface area (Å²) in [4.78, 5) is 19.2. The van der Waals surface area contributed by atoms with Crippen LogP contribution in [-0.4, -0.2) is 33.9 Å². The first-order chi connectivity index (χ1) is 10.0. The van der Waals surface area contributed by atoms with Gasteiger partial charge in [0.1, 0.15) is 5.65 Å². The summed E-state index contributed by atoms with van der Waals surface area (Å²) in [5, 5.41) is 0. The molecule has 5 nitrogen and oxygen atoms in total. The third kappa shape index (κ3) is 3.16. The molecule has 3 rings (SSSR count). The van der Waals surface area contributed by atoms with E-state index < -0.39 is 0 Å². The Morgan fingerprint density at radius 1 is 1.45 bits per heavy atom. The quantitative estimate of drug-likeness (QED) is 0.932. The van der Waals surface area contributed by atoms with Crippen molar-refractivity contribution in [2.45, 2.75) is 26.8 Å². The van der Waals surface area contributed by atoms with E-state index in [0.29, 0.717) is 6.54 Å². The number of likely N-dealkylation sites (tertiary alicyclic amines) is 1. The summed E-state index contributed by atoms with van der Waals surface area (Å²) in [6.45, 7) is 7.61. The number of pyridine rings is 1. The summed E-state index contributed by atoms with van der Waals surface area (Å²) >= 11 is 0. The van der Waals surface area contributed by atoms with Crippen LogP contribution in [0.25, 0.3) is 5.65 Å². The Morgan fingerprint density at radius 3 is 2.91 bits per heavy atom. The first kappa shape index (κ1) is 16.9. The Balaban J connectivity index is 0.00000176. The molecule has 1 unspecified atom stereocenters. The average Bonchev–Trinajstić information content (AvgIpc) is 2.82. The second-order valence-electron chi connectivity index (χ2n) is 6.45. The van der Waals surface area contributed by atoms with Gasteiger partial charge in [0, 0.05) is 25.4 Å². The van der Waals surface area contributed by atoms with E-state index in [2.05, 4.69) is 16.8 Å².